The maximum atomic E-state index is 11.6. The molecule has 0 spiro atoms. The van der Waals surface area contributed by atoms with Crippen molar-refractivity contribution in [3.8, 4) is 0 Å². The molecular formula is C15H20NO4-. The van der Waals surface area contributed by atoms with Gasteiger partial charge in [0.1, 0.15) is 5.60 Å². The number of carboxylic acids is 1. The zero-order valence-corrected chi connectivity index (χ0v) is 12.1. The van der Waals surface area contributed by atoms with Crippen LogP contribution in [0.5, 0.6) is 0 Å². The lowest BCUT2D eigenvalue weighted by Gasteiger charge is -2.19. The molecule has 0 aliphatic carbocycles. The molecule has 110 valence electrons. The highest BCUT2D eigenvalue weighted by atomic mass is 16.6. The Bertz CT molecular complexity index is 460. The summed E-state index contributed by atoms with van der Waals surface area (Å²) in [7, 11) is 0. The predicted molar refractivity (Wildman–Crippen MR) is 74.2 cm³/mol. The van der Waals surface area contributed by atoms with Crippen LogP contribution in [0.3, 0.4) is 0 Å². The predicted octanol–water partition coefficient (Wildman–Crippen LogP) is 2.11. The van der Waals surface area contributed by atoms with E-state index in [9.17, 15) is 14.7 Å². The number of carbonyl (C=O) groups excluding carboxylic acids is 2. The number of benzene rings is 1. The van der Waals surface area contributed by atoms with Gasteiger partial charge in [-0.05, 0) is 57.7 Å². The Labute approximate surface area is 118 Å². The van der Waals surface area contributed by atoms with Gasteiger partial charge in [0.2, 0.25) is 0 Å². The van der Waals surface area contributed by atoms with Crippen LogP contribution in [0, 0.1) is 0 Å². The highest BCUT2D eigenvalue weighted by molar-refractivity contribution is 5.84. The van der Waals surface area contributed by atoms with E-state index in [1.54, 1.807) is 32.9 Å². The Morgan fingerprint density at radius 2 is 1.80 bits per heavy atom. The molecule has 0 aliphatic rings. The Kier molecular flexibility index (Phi) is 5.55. The van der Waals surface area contributed by atoms with Gasteiger partial charge in [0.05, 0.1) is 0 Å². The van der Waals surface area contributed by atoms with Crippen LogP contribution in [0.2, 0.25) is 0 Å². The van der Waals surface area contributed by atoms with Gasteiger partial charge in [-0.25, -0.2) is 4.79 Å². The van der Waals surface area contributed by atoms with Gasteiger partial charge in [-0.15, -0.1) is 0 Å². The maximum absolute atomic E-state index is 11.6. The first-order valence-corrected chi connectivity index (χ1v) is 6.55. The molecule has 1 N–H and O–H groups in total. The number of hydrogen-bond donors (Lipinski definition) is 1. The van der Waals surface area contributed by atoms with Crippen molar-refractivity contribution in [2.75, 3.05) is 5.32 Å². The fraction of sp³-hybridized carbons (Fsp3) is 0.467. The third kappa shape index (κ3) is 6.78. The SMILES string of the molecule is CC(C)(C)OC(=O)Nc1ccc(CCCC(=O)[O-])cc1. The molecule has 0 radical (unpaired) electrons. The average Bonchev–Trinajstić information content (AvgIpc) is 2.28. The van der Waals surface area contributed by atoms with Gasteiger partial charge in [-0.3, -0.25) is 5.32 Å². The van der Waals surface area contributed by atoms with Crippen molar-refractivity contribution in [2.45, 2.75) is 45.6 Å². The van der Waals surface area contributed by atoms with Crippen molar-refractivity contribution in [1.82, 2.24) is 0 Å². The summed E-state index contributed by atoms with van der Waals surface area (Å²) in [5.41, 5.74) is 1.12. The van der Waals surface area contributed by atoms with Crippen LogP contribution in [-0.4, -0.2) is 17.7 Å². The van der Waals surface area contributed by atoms with Crippen molar-refractivity contribution in [2.24, 2.45) is 0 Å². The molecule has 1 aromatic rings. The summed E-state index contributed by atoms with van der Waals surface area (Å²) < 4.78 is 5.14. The molecule has 0 atom stereocenters. The number of nitrogens with one attached hydrogen (secondary N) is 1. The molecule has 1 aromatic carbocycles. The molecule has 5 nitrogen and oxygen atoms in total. The largest absolute Gasteiger partial charge is 0.550 e. The summed E-state index contributed by atoms with van der Waals surface area (Å²) in [6.45, 7) is 5.40. The molecule has 0 saturated heterocycles. The van der Waals surface area contributed by atoms with E-state index in [-0.39, 0.29) is 6.42 Å². The third-order valence-corrected chi connectivity index (χ3v) is 2.45. The maximum Gasteiger partial charge on any atom is 0.412 e. The van der Waals surface area contributed by atoms with Gasteiger partial charge in [0, 0.05) is 11.7 Å². The van der Waals surface area contributed by atoms with Gasteiger partial charge in [-0.2, -0.15) is 0 Å². The zero-order chi connectivity index (χ0) is 15.2. The number of ether oxygens (including phenoxy) is 1. The van der Waals surface area contributed by atoms with Gasteiger partial charge in [0.15, 0.2) is 0 Å². The van der Waals surface area contributed by atoms with Crippen LogP contribution in [0.25, 0.3) is 0 Å². The fourth-order valence-corrected chi connectivity index (χ4v) is 1.61. The number of hydrogen-bond acceptors (Lipinski definition) is 4. The molecule has 0 unspecified atom stereocenters. The molecule has 0 saturated carbocycles. The van der Waals surface area contributed by atoms with Crippen LogP contribution in [0.4, 0.5) is 10.5 Å². The molecule has 1 amide bonds. The smallest absolute Gasteiger partial charge is 0.412 e. The number of rotatable bonds is 5. The number of carbonyl (C=O) groups is 2. The summed E-state index contributed by atoms with van der Waals surface area (Å²) in [6.07, 6.45) is 0.766. The van der Waals surface area contributed by atoms with Crippen molar-refractivity contribution in [3.63, 3.8) is 0 Å². The van der Waals surface area contributed by atoms with Gasteiger partial charge < -0.3 is 14.6 Å². The van der Waals surface area contributed by atoms with Crippen molar-refractivity contribution in [3.05, 3.63) is 29.8 Å². The zero-order valence-electron chi connectivity index (χ0n) is 12.1. The highest BCUT2D eigenvalue weighted by Crippen LogP contribution is 2.14. The first-order valence-electron chi connectivity index (χ1n) is 6.55. The average molecular weight is 278 g/mol. The minimum absolute atomic E-state index is 0.0535. The molecule has 0 aromatic heterocycles. The topological polar surface area (TPSA) is 78.5 Å². The Morgan fingerprint density at radius 1 is 1.20 bits per heavy atom. The van der Waals surface area contributed by atoms with Crippen LogP contribution in [0.15, 0.2) is 24.3 Å². The van der Waals surface area contributed by atoms with Crippen molar-refractivity contribution in [1.29, 1.82) is 0 Å². The number of carboxylic acid groups (broad SMARTS) is 1. The Morgan fingerprint density at radius 3 is 2.30 bits per heavy atom. The molecule has 5 heteroatoms. The standard InChI is InChI=1S/C15H21NO4/c1-15(2,3)20-14(19)16-12-9-7-11(8-10-12)5-4-6-13(17)18/h7-10H,4-6H2,1-3H3,(H,16,19)(H,17,18)/p-1. The number of aliphatic carboxylic acids is 1. The Hall–Kier alpha value is -2.04. The lowest BCUT2D eigenvalue weighted by molar-refractivity contribution is -0.305. The van der Waals surface area contributed by atoms with E-state index in [4.69, 9.17) is 4.74 Å². The second-order valence-corrected chi connectivity index (χ2v) is 5.55. The molecule has 1 rings (SSSR count). The molecule has 0 fully saturated rings. The monoisotopic (exact) mass is 278 g/mol. The minimum atomic E-state index is -1.03. The van der Waals surface area contributed by atoms with Crippen LogP contribution in [-0.2, 0) is 16.0 Å². The summed E-state index contributed by atoms with van der Waals surface area (Å²) in [5, 5.41) is 12.9. The molecule has 0 bridgehead atoms. The quantitative estimate of drug-likeness (QED) is 0.894. The van der Waals surface area contributed by atoms with E-state index in [0.717, 1.165) is 5.56 Å². The van der Waals surface area contributed by atoms with E-state index < -0.39 is 17.7 Å². The lowest BCUT2D eigenvalue weighted by atomic mass is 10.1. The van der Waals surface area contributed by atoms with Gasteiger partial charge >= 0.3 is 6.09 Å². The second kappa shape index (κ2) is 6.93. The third-order valence-electron chi connectivity index (χ3n) is 2.45. The molecular weight excluding hydrogens is 258 g/mol. The Balaban J connectivity index is 2.46. The number of aryl methyl sites for hydroxylation is 1. The van der Waals surface area contributed by atoms with Gasteiger partial charge in [-0.1, -0.05) is 12.1 Å². The highest BCUT2D eigenvalue weighted by Gasteiger charge is 2.15. The summed E-state index contributed by atoms with van der Waals surface area (Å²) in [5.74, 6) is -1.03. The van der Waals surface area contributed by atoms with Gasteiger partial charge in [0.25, 0.3) is 0 Å². The first-order chi connectivity index (χ1) is 9.26. The van der Waals surface area contributed by atoms with E-state index in [2.05, 4.69) is 5.32 Å². The van der Waals surface area contributed by atoms with E-state index in [1.807, 2.05) is 12.1 Å². The van der Waals surface area contributed by atoms with E-state index in [1.165, 1.54) is 0 Å². The van der Waals surface area contributed by atoms with E-state index >= 15 is 0 Å². The van der Waals surface area contributed by atoms with Crippen LogP contribution in [0.1, 0.15) is 39.2 Å². The van der Waals surface area contributed by atoms with Crippen molar-refractivity contribution >= 4 is 17.7 Å². The fourth-order valence-electron chi connectivity index (χ4n) is 1.61. The van der Waals surface area contributed by atoms with Crippen LogP contribution >= 0.6 is 0 Å². The van der Waals surface area contributed by atoms with Crippen LogP contribution < -0.4 is 10.4 Å². The van der Waals surface area contributed by atoms with E-state index in [0.29, 0.717) is 18.5 Å². The summed E-state index contributed by atoms with van der Waals surface area (Å²) >= 11 is 0. The summed E-state index contributed by atoms with van der Waals surface area (Å²) in [6, 6.07) is 7.22. The normalized spacial score (nSPS) is 10.9. The number of amides is 1. The van der Waals surface area contributed by atoms with Crippen molar-refractivity contribution < 1.29 is 19.4 Å². The second-order valence-electron chi connectivity index (χ2n) is 5.55. The molecule has 20 heavy (non-hydrogen) atoms. The molecule has 0 heterocycles. The summed E-state index contributed by atoms with van der Waals surface area (Å²) in [4.78, 5) is 21.9. The number of anilines is 1. The first kappa shape index (κ1) is 16.0. The molecule has 0 aliphatic heterocycles. The lowest BCUT2D eigenvalue weighted by Crippen LogP contribution is -2.27. The minimum Gasteiger partial charge on any atom is -0.550 e.